The molecular weight excluding hydrogens is 234 g/mol. The Kier molecular flexibility index (Phi) is 5.60. The predicted octanol–water partition coefficient (Wildman–Crippen LogP) is 3.51. The Morgan fingerprint density at radius 3 is 2.26 bits per heavy atom. The largest absolute Gasteiger partial charge is 0.372 e. The fourth-order valence-corrected chi connectivity index (χ4v) is 1.98. The smallest absolute Gasteiger partial charge is 0.0724 e. The maximum atomic E-state index is 5.80. The number of hydrogen-bond donors (Lipinski definition) is 1. The third-order valence-electron chi connectivity index (χ3n) is 3.05. The summed E-state index contributed by atoms with van der Waals surface area (Å²) in [5.74, 6) is 0. The van der Waals surface area contributed by atoms with Gasteiger partial charge in [-0.3, -0.25) is 0 Å². The highest BCUT2D eigenvalue weighted by atomic mass is 16.5. The summed E-state index contributed by atoms with van der Waals surface area (Å²) in [7, 11) is 0. The van der Waals surface area contributed by atoms with Crippen molar-refractivity contribution in [3.8, 4) is 0 Å². The van der Waals surface area contributed by atoms with Gasteiger partial charge in [-0.25, -0.2) is 0 Å². The summed E-state index contributed by atoms with van der Waals surface area (Å²) >= 11 is 0. The van der Waals surface area contributed by atoms with E-state index in [2.05, 4.69) is 48.6 Å². The topological polar surface area (TPSA) is 21.3 Å². The van der Waals surface area contributed by atoms with Crippen molar-refractivity contribution in [2.24, 2.45) is 0 Å². The fourth-order valence-electron chi connectivity index (χ4n) is 1.98. The molecule has 0 spiro atoms. The van der Waals surface area contributed by atoms with Gasteiger partial charge in [-0.1, -0.05) is 61.5 Å². The van der Waals surface area contributed by atoms with Gasteiger partial charge in [0.2, 0.25) is 0 Å². The SMILES string of the molecule is CCNCc1ccccc1COCc1ccccc1. The summed E-state index contributed by atoms with van der Waals surface area (Å²) in [6.45, 7) is 5.34. The van der Waals surface area contributed by atoms with Crippen LogP contribution in [-0.2, 0) is 24.5 Å². The highest BCUT2D eigenvalue weighted by molar-refractivity contribution is 5.26. The van der Waals surface area contributed by atoms with Crippen LogP contribution in [0.25, 0.3) is 0 Å². The molecule has 1 N–H and O–H groups in total. The van der Waals surface area contributed by atoms with Crippen LogP contribution in [0.4, 0.5) is 0 Å². The standard InChI is InChI=1S/C17H21NO/c1-2-18-12-16-10-6-7-11-17(16)14-19-13-15-8-4-3-5-9-15/h3-11,18H,2,12-14H2,1H3. The van der Waals surface area contributed by atoms with Crippen molar-refractivity contribution in [2.75, 3.05) is 6.54 Å². The van der Waals surface area contributed by atoms with E-state index in [4.69, 9.17) is 4.74 Å². The van der Waals surface area contributed by atoms with Gasteiger partial charge in [0.25, 0.3) is 0 Å². The maximum Gasteiger partial charge on any atom is 0.0724 e. The van der Waals surface area contributed by atoms with Crippen LogP contribution in [0.15, 0.2) is 54.6 Å². The molecule has 0 saturated heterocycles. The number of ether oxygens (including phenoxy) is 1. The van der Waals surface area contributed by atoms with Crippen LogP contribution in [0.5, 0.6) is 0 Å². The van der Waals surface area contributed by atoms with Gasteiger partial charge in [0.1, 0.15) is 0 Å². The fraction of sp³-hybridized carbons (Fsp3) is 0.294. The molecule has 0 aromatic heterocycles. The molecule has 2 nitrogen and oxygen atoms in total. The van der Waals surface area contributed by atoms with E-state index in [1.54, 1.807) is 0 Å². The zero-order chi connectivity index (χ0) is 13.3. The number of benzene rings is 2. The zero-order valence-electron chi connectivity index (χ0n) is 11.4. The first-order chi connectivity index (χ1) is 9.40. The Labute approximate surface area is 115 Å². The molecule has 0 radical (unpaired) electrons. The molecule has 0 atom stereocenters. The average Bonchev–Trinajstić information content (AvgIpc) is 2.47. The van der Waals surface area contributed by atoms with Gasteiger partial charge in [0.15, 0.2) is 0 Å². The van der Waals surface area contributed by atoms with Crippen molar-refractivity contribution in [2.45, 2.75) is 26.7 Å². The molecule has 2 aromatic rings. The monoisotopic (exact) mass is 255 g/mol. The summed E-state index contributed by atoms with van der Waals surface area (Å²) in [5, 5.41) is 3.36. The van der Waals surface area contributed by atoms with Crippen LogP contribution in [0.1, 0.15) is 23.6 Å². The summed E-state index contributed by atoms with van der Waals surface area (Å²) in [5.41, 5.74) is 3.79. The Morgan fingerprint density at radius 1 is 0.842 bits per heavy atom. The van der Waals surface area contributed by atoms with Crippen molar-refractivity contribution < 1.29 is 4.74 Å². The summed E-state index contributed by atoms with van der Waals surface area (Å²) < 4.78 is 5.80. The molecule has 2 heteroatoms. The van der Waals surface area contributed by atoms with E-state index in [-0.39, 0.29) is 0 Å². The molecule has 0 heterocycles. The molecule has 0 aliphatic carbocycles. The molecule has 0 aliphatic rings. The molecule has 2 rings (SSSR count). The first-order valence-electron chi connectivity index (χ1n) is 6.79. The normalized spacial score (nSPS) is 10.6. The van der Waals surface area contributed by atoms with Crippen molar-refractivity contribution in [3.05, 3.63) is 71.3 Å². The van der Waals surface area contributed by atoms with Gasteiger partial charge in [-0.15, -0.1) is 0 Å². The molecule has 2 aromatic carbocycles. The minimum absolute atomic E-state index is 0.663. The van der Waals surface area contributed by atoms with Crippen LogP contribution in [0.3, 0.4) is 0 Å². The molecular formula is C17H21NO. The van der Waals surface area contributed by atoms with E-state index in [0.717, 1.165) is 13.1 Å². The van der Waals surface area contributed by atoms with E-state index in [0.29, 0.717) is 13.2 Å². The molecule has 100 valence electrons. The lowest BCUT2D eigenvalue weighted by molar-refractivity contribution is 0.106. The van der Waals surface area contributed by atoms with Crippen LogP contribution >= 0.6 is 0 Å². The lowest BCUT2D eigenvalue weighted by atomic mass is 10.1. The number of rotatable bonds is 7. The second-order valence-electron chi connectivity index (χ2n) is 4.53. The van der Waals surface area contributed by atoms with Crippen molar-refractivity contribution >= 4 is 0 Å². The maximum absolute atomic E-state index is 5.80. The third-order valence-corrected chi connectivity index (χ3v) is 3.05. The molecule has 0 bridgehead atoms. The van der Waals surface area contributed by atoms with E-state index in [1.165, 1.54) is 16.7 Å². The zero-order valence-corrected chi connectivity index (χ0v) is 11.4. The summed E-state index contributed by atoms with van der Waals surface area (Å²) in [4.78, 5) is 0. The molecule has 0 saturated carbocycles. The first kappa shape index (κ1) is 13.8. The number of hydrogen-bond acceptors (Lipinski definition) is 2. The summed E-state index contributed by atoms with van der Waals surface area (Å²) in [6, 6.07) is 18.7. The van der Waals surface area contributed by atoms with Gasteiger partial charge < -0.3 is 10.1 Å². The quantitative estimate of drug-likeness (QED) is 0.817. The van der Waals surface area contributed by atoms with Crippen LogP contribution in [-0.4, -0.2) is 6.54 Å². The lowest BCUT2D eigenvalue weighted by Crippen LogP contribution is -2.13. The van der Waals surface area contributed by atoms with E-state index < -0.39 is 0 Å². The van der Waals surface area contributed by atoms with Crippen molar-refractivity contribution in [1.29, 1.82) is 0 Å². The van der Waals surface area contributed by atoms with E-state index >= 15 is 0 Å². The number of nitrogens with one attached hydrogen (secondary N) is 1. The van der Waals surface area contributed by atoms with Crippen molar-refractivity contribution in [1.82, 2.24) is 5.32 Å². The highest BCUT2D eigenvalue weighted by Gasteiger charge is 2.01. The Balaban J connectivity index is 1.88. The van der Waals surface area contributed by atoms with Gasteiger partial charge in [0, 0.05) is 6.54 Å². The van der Waals surface area contributed by atoms with Gasteiger partial charge in [-0.2, -0.15) is 0 Å². The highest BCUT2D eigenvalue weighted by Crippen LogP contribution is 2.11. The average molecular weight is 255 g/mol. The van der Waals surface area contributed by atoms with Crippen LogP contribution in [0.2, 0.25) is 0 Å². The summed E-state index contributed by atoms with van der Waals surface area (Å²) in [6.07, 6.45) is 0. The van der Waals surface area contributed by atoms with Gasteiger partial charge >= 0.3 is 0 Å². The Hall–Kier alpha value is -1.64. The lowest BCUT2D eigenvalue weighted by Gasteiger charge is -2.10. The van der Waals surface area contributed by atoms with Crippen molar-refractivity contribution in [3.63, 3.8) is 0 Å². The van der Waals surface area contributed by atoms with E-state index in [9.17, 15) is 0 Å². The predicted molar refractivity (Wildman–Crippen MR) is 78.8 cm³/mol. The van der Waals surface area contributed by atoms with Gasteiger partial charge in [0.05, 0.1) is 13.2 Å². The van der Waals surface area contributed by atoms with E-state index in [1.807, 2.05) is 18.2 Å². The third kappa shape index (κ3) is 4.51. The molecule has 0 aliphatic heterocycles. The van der Waals surface area contributed by atoms with Gasteiger partial charge in [-0.05, 0) is 23.2 Å². The Bertz CT molecular complexity index is 482. The minimum Gasteiger partial charge on any atom is -0.372 e. The second kappa shape index (κ2) is 7.72. The minimum atomic E-state index is 0.663. The molecule has 0 amide bonds. The molecule has 19 heavy (non-hydrogen) atoms. The molecule has 0 unspecified atom stereocenters. The molecule has 0 fully saturated rings. The first-order valence-corrected chi connectivity index (χ1v) is 6.79. The second-order valence-corrected chi connectivity index (χ2v) is 4.53. The Morgan fingerprint density at radius 2 is 1.53 bits per heavy atom. The van der Waals surface area contributed by atoms with Crippen LogP contribution < -0.4 is 5.32 Å². The van der Waals surface area contributed by atoms with Crippen LogP contribution in [0, 0.1) is 0 Å².